The third kappa shape index (κ3) is 1.63. The Labute approximate surface area is 105 Å². The molecule has 0 amide bonds. The number of halogens is 1. The highest BCUT2D eigenvalue weighted by molar-refractivity contribution is 5.62. The van der Waals surface area contributed by atoms with Crippen molar-refractivity contribution in [3.05, 3.63) is 41.3 Å². The summed E-state index contributed by atoms with van der Waals surface area (Å²) in [5.74, 6) is 0.653. The standard InChI is InChI=1S/C13H15FN4/c1-8-2-3-9(6-10(8)14)12-4-5-16-13-11(15)7-17-18(12)13/h2-3,6-7,12,16H,4-5,15H2,1H3. The van der Waals surface area contributed by atoms with E-state index in [0.717, 1.165) is 24.3 Å². The zero-order chi connectivity index (χ0) is 12.7. The van der Waals surface area contributed by atoms with E-state index in [2.05, 4.69) is 10.4 Å². The number of hydrogen-bond acceptors (Lipinski definition) is 3. The first kappa shape index (κ1) is 11.1. The van der Waals surface area contributed by atoms with Gasteiger partial charge in [-0.05, 0) is 30.5 Å². The molecule has 3 rings (SSSR count). The molecule has 1 unspecified atom stereocenters. The lowest BCUT2D eigenvalue weighted by Gasteiger charge is -2.26. The van der Waals surface area contributed by atoms with Gasteiger partial charge in [0.05, 0.1) is 17.9 Å². The Morgan fingerprint density at radius 1 is 1.50 bits per heavy atom. The highest BCUT2D eigenvalue weighted by Gasteiger charge is 2.24. The van der Waals surface area contributed by atoms with Crippen LogP contribution in [-0.4, -0.2) is 16.3 Å². The minimum absolute atomic E-state index is 0.0497. The predicted molar refractivity (Wildman–Crippen MR) is 69.0 cm³/mol. The Morgan fingerprint density at radius 2 is 2.33 bits per heavy atom. The molecule has 2 aromatic rings. The van der Waals surface area contributed by atoms with E-state index in [9.17, 15) is 4.39 Å². The molecular weight excluding hydrogens is 231 g/mol. The smallest absolute Gasteiger partial charge is 0.148 e. The van der Waals surface area contributed by atoms with Crippen molar-refractivity contribution in [3.8, 4) is 0 Å². The van der Waals surface area contributed by atoms with Crippen molar-refractivity contribution < 1.29 is 4.39 Å². The molecule has 5 heteroatoms. The molecular formula is C13H15FN4. The molecule has 0 fully saturated rings. The Hall–Kier alpha value is -2.04. The first-order valence-corrected chi connectivity index (χ1v) is 5.99. The Kier molecular flexibility index (Phi) is 2.47. The summed E-state index contributed by atoms with van der Waals surface area (Å²) in [5.41, 5.74) is 8.06. The zero-order valence-corrected chi connectivity index (χ0v) is 10.2. The zero-order valence-electron chi connectivity index (χ0n) is 10.2. The molecule has 1 aliphatic heterocycles. The van der Waals surface area contributed by atoms with Crippen LogP contribution in [0.15, 0.2) is 24.4 Å². The van der Waals surface area contributed by atoms with Gasteiger partial charge in [-0.3, -0.25) is 0 Å². The fraction of sp³-hybridized carbons (Fsp3) is 0.308. The summed E-state index contributed by atoms with van der Waals surface area (Å²) >= 11 is 0. The normalized spacial score (nSPS) is 18.2. The highest BCUT2D eigenvalue weighted by atomic mass is 19.1. The van der Waals surface area contributed by atoms with Crippen LogP contribution in [0.3, 0.4) is 0 Å². The average Bonchev–Trinajstić information content (AvgIpc) is 2.75. The largest absolute Gasteiger partial charge is 0.394 e. The molecule has 0 bridgehead atoms. The lowest BCUT2D eigenvalue weighted by molar-refractivity contribution is 0.479. The molecule has 18 heavy (non-hydrogen) atoms. The van der Waals surface area contributed by atoms with E-state index in [1.807, 2.05) is 10.7 Å². The topological polar surface area (TPSA) is 55.9 Å². The Morgan fingerprint density at radius 3 is 3.11 bits per heavy atom. The lowest BCUT2D eigenvalue weighted by Crippen LogP contribution is -2.24. The molecule has 94 valence electrons. The summed E-state index contributed by atoms with van der Waals surface area (Å²) in [6.07, 6.45) is 2.50. The number of aromatic nitrogens is 2. The van der Waals surface area contributed by atoms with Gasteiger partial charge in [0.1, 0.15) is 11.6 Å². The summed E-state index contributed by atoms with van der Waals surface area (Å²) in [5, 5.41) is 7.49. The van der Waals surface area contributed by atoms with Crippen LogP contribution in [-0.2, 0) is 0 Å². The number of anilines is 2. The number of nitrogens with zero attached hydrogens (tertiary/aromatic N) is 2. The SMILES string of the molecule is Cc1ccc(C2CCNc3c(N)cnn32)cc1F. The molecule has 0 spiro atoms. The molecule has 3 N–H and O–H groups in total. The van der Waals surface area contributed by atoms with Crippen molar-refractivity contribution >= 4 is 11.5 Å². The molecule has 0 aliphatic carbocycles. The van der Waals surface area contributed by atoms with E-state index in [0.29, 0.717) is 11.3 Å². The first-order chi connectivity index (χ1) is 8.66. The van der Waals surface area contributed by atoms with Gasteiger partial charge in [0, 0.05) is 6.54 Å². The number of nitrogens with two attached hydrogens (primary N) is 1. The van der Waals surface area contributed by atoms with Gasteiger partial charge in [-0.2, -0.15) is 5.10 Å². The van der Waals surface area contributed by atoms with Gasteiger partial charge in [-0.1, -0.05) is 12.1 Å². The first-order valence-electron chi connectivity index (χ1n) is 5.99. The minimum Gasteiger partial charge on any atom is -0.394 e. The minimum atomic E-state index is -0.173. The Bertz CT molecular complexity index is 591. The molecule has 0 saturated carbocycles. The maximum Gasteiger partial charge on any atom is 0.148 e. The van der Waals surface area contributed by atoms with Crippen LogP contribution < -0.4 is 11.1 Å². The molecule has 1 aromatic heterocycles. The fourth-order valence-electron chi connectivity index (χ4n) is 2.37. The second-order valence-electron chi connectivity index (χ2n) is 4.63. The monoisotopic (exact) mass is 246 g/mol. The molecule has 1 aliphatic rings. The second kappa shape index (κ2) is 4.01. The van der Waals surface area contributed by atoms with Gasteiger partial charge in [0.15, 0.2) is 0 Å². The van der Waals surface area contributed by atoms with Crippen molar-refractivity contribution in [3.63, 3.8) is 0 Å². The van der Waals surface area contributed by atoms with Crippen LogP contribution in [0, 0.1) is 12.7 Å². The fourth-order valence-corrected chi connectivity index (χ4v) is 2.37. The Balaban J connectivity index is 2.05. The van der Waals surface area contributed by atoms with Gasteiger partial charge >= 0.3 is 0 Å². The maximum atomic E-state index is 13.6. The van der Waals surface area contributed by atoms with Crippen LogP contribution in [0.1, 0.15) is 23.6 Å². The molecule has 4 nitrogen and oxygen atoms in total. The number of nitrogen functional groups attached to an aromatic ring is 1. The molecule has 1 aromatic carbocycles. The van der Waals surface area contributed by atoms with Gasteiger partial charge in [-0.25, -0.2) is 9.07 Å². The molecule has 1 atom stereocenters. The summed E-state index contributed by atoms with van der Waals surface area (Å²) in [7, 11) is 0. The van der Waals surface area contributed by atoms with E-state index in [1.54, 1.807) is 25.3 Å². The number of nitrogens with one attached hydrogen (secondary N) is 1. The predicted octanol–water partition coefficient (Wildman–Crippen LogP) is 2.32. The van der Waals surface area contributed by atoms with Crippen LogP contribution >= 0.6 is 0 Å². The van der Waals surface area contributed by atoms with Crippen LogP contribution in [0.2, 0.25) is 0 Å². The highest BCUT2D eigenvalue weighted by Crippen LogP contribution is 2.32. The van der Waals surface area contributed by atoms with E-state index >= 15 is 0 Å². The summed E-state index contributed by atoms with van der Waals surface area (Å²) < 4.78 is 15.5. The number of benzene rings is 1. The van der Waals surface area contributed by atoms with E-state index in [-0.39, 0.29) is 11.9 Å². The van der Waals surface area contributed by atoms with Crippen molar-refractivity contribution in [2.75, 3.05) is 17.6 Å². The number of fused-ring (bicyclic) bond motifs is 1. The lowest BCUT2D eigenvalue weighted by atomic mass is 10.0. The van der Waals surface area contributed by atoms with Crippen LogP contribution in [0.4, 0.5) is 15.9 Å². The van der Waals surface area contributed by atoms with Crippen molar-refractivity contribution in [2.24, 2.45) is 0 Å². The number of rotatable bonds is 1. The van der Waals surface area contributed by atoms with Crippen LogP contribution in [0.25, 0.3) is 0 Å². The maximum absolute atomic E-state index is 13.6. The molecule has 0 radical (unpaired) electrons. The summed E-state index contributed by atoms with van der Waals surface area (Å²) in [6, 6.07) is 5.40. The third-order valence-corrected chi connectivity index (χ3v) is 3.41. The number of aryl methyl sites for hydroxylation is 1. The molecule has 2 heterocycles. The van der Waals surface area contributed by atoms with E-state index < -0.39 is 0 Å². The quantitative estimate of drug-likeness (QED) is 0.812. The van der Waals surface area contributed by atoms with E-state index in [4.69, 9.17) is 5.73 Å². The van der Waals surface area contributed by atoms with Gasteiger partial charge in [0.2, 0.25) is 0 Å². The van der Waals surface area contributed by atoms with Crippen molar-refractivity contribution in [1.29, 1.82) is 0 Å². The van der Waals surface area contributed by atoms with Crippen molar-refractivity contribution in [2.45, 2.75) is 19.4 Å². The summed E-state index contributed by atoms with van der Waals surface area (Å²) in [6.45, 7) is 2.58. The van der Waals surface area contributed by atoms with Gasteiger partial charge in [-0.15, -0.1) is 0 Å². The van der Waals surface area contributed by atoms with Crippen molar-refractivity contribution in [1.82, 2.24) is 9.78 Å². The third-order valence-electron chi connectivity index (χ3n) is 3.41. The summed E-state index contributed by atoms with van der Waals surface area (Å²) in [4.78, 5) is 0. The van der Waals surface area contributed by atoms with Gasteiger partial charge in [0.25, 0.3) is 0 Å². The van der Waals surface area contributed by atoms with Crippen LogP contribution in [0.5, 0.6) is 0 Å². The second-order valence-corrected chi connectivity index (χ2v) is 4.63. The number of hydrogen-bond donors (Lipinski definition) is 2. The average molecular weight is 246 g/mol. The van der Waals surface area contributed by atoms with E-state index in [1.165, 1.54) is 0 Å². The van der Waals surface area contributed by atoms with Gasteiger partial charge < -0.3 is 11.1 Å². The molecule has 0 saturated heterocycles.